The Morgan fingerprint density at radius 1 is 1.53 bits per heavy atom. The van der Waals surface area contributed by atoms with Crippen LogP contribution in [0.4, 0.5) is 0 Å². The third-order valence-corrected chi connectivity index (χ3v) is 3.20. The lowest BCUT2D eigenvalue weighted by Crippen LogP contribution is -2.37. The van der Waals surface area contributed by atoms with E-state index in [1.54, 1.807) is 7.11 Å². The fourth-order valence-electron chi connectivity index (χ4n) is 1.95. The number of methoxy groups -OCH3 is 1. The summed E-state index contributed by atoms with van der Waals surface area (Å²) in [5, 5.41) is 0. The van der Waals surface area contributed by atoms with Crippen molar-refractivity contribution in [2.45, 2.75) is 30.2 Å². The number of hydrogen-bond donors (Lipinski definition) is 0. The molecule has 1 fully saturated rings. The van der Waals surface area contributed by atoms with E-state index in [0.717, 1.165) is 26.3 Å². The number of alkyl halides is 1. The molecule has 1 saturated heterocycles. The van der Waals surface area contributed by atoms with Crippen molar-refractivity contribution in [3.63, 3.8) is 0 Å². The fourth-order valence-corrected chi connectivity index (χ4v) is 2.70. The van der Waals surface area contributed by atoms with E-state index in [0.29, 0.717) is 10.9 Å². The van der Waals surface area contributed by atoms with Crippen LogP contribution in [0.15, 0.2) is 0 Å². The molecule has 2 atom stereocenters. The summed E-state index contributed by atoms with van der Waals surface area (Å²) in [5.41, 5.74) is 0. The highest BCUT2D eigenvalue weighted by molar-refractivity contribution is 9.09. The summed E-state index contributed by atoms with van der Waals surface area (Å²) in [6.45, 7) is 3.74. The van der Waals surface area contributed by atoms with E-state index < -0.39 is 0 Å². The van der Waals surface area contributed by atoms with E-state index in [2.05, 4.69) is 27.9 Å². The van der Waals surface area contributed by atoms with Gasteiger partial charge in [0.15, 0.2) is 0 Å². The van der Waals surface area contributed by atoms with Crippen molar-refractivity contribution in [3.05, 3.63) is 0 Å². The molecule has 2 unspecified atom stereocenters. The van der Waals surface area contributed by atoms with E-state index in [1.807, 2.05) is 0 Å². The van der Waals surface area contributed by atoms with Gasteiger partial charge in [0.1, 0.15) is 0 Å². The SMILES string of the molecule is COCC(Br)CN(C)CC1CCCCO1. The van der Waals surface area contributed by atoms with Crippen LogP contribution in [0.25, 0.3) is 0 Å². The van der Waals surface area contributed by atoms with Gasteiger partial charge in [0.25, 0.3) is 0 Å². The lowest BCUT2D eigenvalue weighted by molar-refractivity contribution is -0.00192. The van der Waals surface area contributed by atoms with Gasteiger partial charge >= 0.3 is 0 Å². The Morgan fingerprint density at radius 3 is 2.93 bits per heavy atom. The normalized spacial score (nSPS) is 24.4. The van der Waals surface area contributed by atoms with Gasteiger partial charge < -0.3 is 14.4 Å². The molecular weight excluding hydrogens is 258 g/mol. The zero-order valence-electron chi connectivity index (χ0n) is 9.75. The Kier molecular flexibility index (Phi) is 6.81. The predicted molar refractivity (Wildman–Crippen MR) is 65.7 cm³/mol. The van der Waals surface area contributed by atoms with Gasteiger partial charge in [-0.3, -0.25) is 0 Å². The van der Waals surface area contributed by atoms with Crippen LogP contribution in [0.3, 0.4) is 0 Å². The molecule has 0 bridgehead atoms. The average Bonchev–Trinajstić information content (AvgIpc) is 2.19. The second-order valence-corrected chi connectivity index (χ2v) is 5.56. The Bertz CT molecular complexity index is 163. The molecule has 1 heterocycles. The molecule has 3 nitrogen and oxygen atoms in total. The molecular formula is C11H22BrNO2. The van der Waals surface area contributed by atoms with Crippen molar-refractivity contribution >= 4 is 15.9 Å². The minimum atomic E-state index is 0.413. The Morgan fingerprint density at radius 2 is 2.33 bits per heavy atom. The zero-order valence-corrected chi connectivity index (χ0v) is 11.3. The molecule has 15 heavy (non-hydrogen) atoms. The van der Waals surface area contributed by atoms with Crippen LogP contribution in [-0.2, 0) is 9.47 Å². The standard InChI is InChI=1S/C11H22BrNO2/c1-13(7-10(12)9-14-2)8-11-5-3-4-6-15-11/h10-11H,3-9H2,1-2H3. The molecule has 0 aliphatic carbocycles. The molecule has 0 N–H and O–H groups in total. The van der Waals surface area contributed by atoms with Crippen molar-refractivity contribution in [2.75, 3.05) is 40.5 Å². The topological polar surface area (TPSA) is 21.7 Å². The van der Waals surface area contributed by atoms with Gasteiger partial charge in [-0.25, -0.2) is 0 Å². The third-order valence-electron chi connectivity index (χ3n) is 2.65. The highest BCUT2D eigenvalue weighted by atomic mass is 79.9. The lowest BCUT2D eigenvalue weighted by atomic mass is 10.1. The number of ether oxygens (including phenoxy) is 2. The van der Waals surface area contributed by atoms with Gasteiger partial charge in [-0.05, 0) is 26.3 Å². The predicted octanol–water partition coefficient (Wildman–Crippen LogP) is 1.90. The molecule has 0 amide bonds. The van der Waals surface area contributed by atoms with Crippen molar-refractivity contribution < 1.29 is 9.47 Å². The first-order valence-electron chi connectivity index (χ1n) is 5.65. The first-order valence-corrected chi connectivity index (χ1v) is 6.57. The van der Waals surface area contributed by atoms with E-state index in [1.165, 1.54) is 19.3 Å². The Labute approximate surface area is 101 Å². The summed E-state index contributed by atoms with van der Waals surface area (Å²) in [7, 11) is 3.88. The maximum Gasteiger partial charge on any atom is 0.0701 e. The van der Waals surface area contributed by atoms with E-state index in [-0.39, 0.29) is 0 Å². The largest absolute Gasteiger partial charge is 0.383 e. The van der Waals surface area contributed by atoms with Crippen LogP contribution in [-0.4, -0.2) is 56.3 Å². The van der Waals surface area contributed by atoms with Crippen LogP contribution in [0, 0.1) is 0 Å². The molecule has 1 rings (SSSR count). The monoisotopic (exact) mass is 279 g/mol. The fraction of sp³-hybridized carbons (Fsp3) is 1.00. The van der Waals surface area contributed by atoms with Gasteiger partial charge in [-0.1, -0.05) is 15.9 Å². The maximum atomic E-state index is 5.70. The van der Waals surface area contributed by atoms with Crippen LogP contribution >= 0.6 is 15.9 Å². The molecule has 1 aliphatic heterocycles. The summed E-state index contributed by atoms with van der Waals surface area (Å²) in [4.78, 5) is 2.73. The summed E-state index contributed by atoms with van der Waals surface area (Å²) < 4.78 is 10.8. The van der Waals surface area contributed by atoms with Crippen LogP contribution in [0.2, 0.25) is 0 Å². The minimum absolute atomic E-state index is 0.413. The average molecular weight is 280 g/mol. The molecule has 0 spiro atoms. The van der Waals surface area contributed by atoms with Crippen molar-refractivity contribution in [3.8, 4) is 0 Å². The second kappa shape index (κ2) is 7.60. The third kappa shape index (κ3) is 5.85. The van der Waals surface area contributed by atoms with Crippen molar-refractivity contribution in [1.29, 1.82) is 0 Å². The number of hydrogen-bond acceptors (Lipinski definition) is 3. The van der Waals surface area contributed by atoms with Gasteiger partial charge in [-0.2, -0.15) is 0 Å². The summed E-state index contributed by atoms with van der Waals surface area (Å²) in [6.07, 6.45) is 4.19. The molecule has 1 aliphatic rings. The number of likely N-dealkylation sites (N-methyl/N-ethyl adjacent to an activating group) is 1. The number of nitrogens with zero attached hydrogens (tertiary/aromatic N) is 1. The first kappa shape index (κ1) is 13.4. The number of halogens is 1. The first-order chi connectivity index (χ1) is 7.22. The Balaban J connectivity index is 2.13. The molecule has 4 heteroatoms. The van der Waals surface area contributed by atoms with Gasteiger partial charge in [-0.15, -0.1) is 0 Å². The quantitative estimate of drug-likeness (QED) is 0.694. The molecule has 0 aromatic carbocycles. The second-order valence-electron chi connectivity index (χ2n) is 4.26. The van der Waals surface area contributed by atoms with Crippen LogP contribution in [0.5, 0.6) is 0 Å². The molecule has 0 aromatic heterocycles. The Hall–Kier alpha value is 0.360. The highest BCUT2D eigenvalue weighted by Gasteiger charge is 2.17. The lowest BCUT2D eigenvalue weighted by Gasteiger charge is -2.28. The molecule has 0 radical (unpaired) electrons. The zero-order chi connectivity index (χ0) is 11.1. The summed E-state index contributed by atoms with van der Waals surface area (Å²) in [6, 6.07) is 0. The van der Waals surface area contributed by atoms with E-state index in [9.17, 15) is 0 Å². The summed E-state index contributed by atoms with van der Waals surface area (Å²) >= 11 is 3.60. The van der Waals surface area contributed by atoms with Crippen molar-refractivity contribution in [2.24, 2.45) is 0 Å². The molecule has 0 aromatic rings. The van der Waals surface area contributed by atoms with Crippen LogP contribution < -0.4 is 0 Å². The smallest absolute Gasteiger partial charge is 0.0701 e. The van der Waals surface area contributed by atoms with Gasteiger partial charge in [0.05, 0.1) is 17.5 Å². The molecule has 0 saturated carbocycles. The van der Waals surface area contributed by atoms with Crippen LogP contribution in [0.1, 0.15) is 19.3 Å². The van der Waals surface area contributed by atoms with E-state index in [4.69, 9.17) is 9.47 Å². The highest BCUT2D eigenvalue weighted by Crippen LogP contribution is 2.14. The van der Waals surface area contributed by atoms with Gasteiger partial charge in [0.2, 0.25) is 0 Å². The minimum Gasteiger partial charge on any atom is -0.383 e. The molecule has 90 valence electrons. The summed E-state index contributed by atoms with van der Waals surface area (Å²) in [5.74, 6) is 0. The van der Waals surface area contributed by atoms with Gasteiger partial charge in [0, 0.05) is 26.8 Å². The number of rotatable bonds is 6. The van der Waals surface area contributed by atoms with E-state index >= 15 is 0 Å². The maximum absolute atomic E-state index is 5.70. The van der Waals surface area contributed by atoms with Crippen molar-refractivity contribution in [1.82, 2.24) is 4.90 Å².